The van der Waals surface area contributed by atoms with E-state index in [9.17, 15) is 4.79 Å². The highest BCUT2D eigenvalue weighted by atomic mass is 35.5. The number of alkyl halides is 1. The Labute approximate surface area is 102 Å². The molecule has 0 unspecified atom stereocenters. The quantitative estimate of drug-likeness (QED) is 0.738. The number of aryl methyl sites for hydroxylation is 2. The van der Waals surface area contributed by atoms with Crippen LogP contribution in [-0.4, -0.2) is 11.8 Å². The van der Waals surface area contributed by atoms with Crippen molar-refractivity contribution in [2.24, 2.45) is 0 Å². The lowest BCUT2D eigenvalue weighted by Crippen LogP contribution is -2.30. The lowest BCUT2D eigenvalue weighted by molar-refractivity contribution is -0.115. The topological polar surface area (TPSA) is 20.3 Å². The zero-order valence-corrected chi connectivity index (χ0v) is 10.6. The fraction of sp³-hybridized carbons (Fsp3) is 0.308. The monoisotopic (exact) mass is 237 g/mol. The van der Waals surface area contributed by atoms with E-state index < -0.39 is 0 Å². The number of carbonyl (C=O) groups excluding carboxylic acids is 1. The molecule has 0 bridgehead atoms. The summed E-state index contributed by atoms with van der Waals surface area (Å²) in [5, 5.41) is 0. The second-order valence-electron chi connectivity index (χ2n) is 3.84. The van der Waals surface area contributed by atoms with Gasteiger partial charge in [0.15, 0.2) is 0 Å². The highest BCUT2D eigenvalue weighted by Crippen LogP contribution is 2.27. The number of anilines is 1. The van der Waals surface area contributed by atoms with Gasteiger partial charge in [0.1, 0.15) is 5.88 Å². The zero-order valence-electron chi connectivity index (χ0n) is 9.88. The summed E-state index contributed by atoms with van der Waals surface area (Å²) in [7, 11) is 0. The molecule has 1 rings (SSSR count). The predicted molar refractivity (Wildman–Crippen MR) is 68.9 cm³/mol. The smallest absolute Gasteiger partial charge is 0.246 e. The Morgan fingerprint density at radius 2 is 1.88 bits per heavy atom. The first-order valence-electron chi connectivity index (χ1n) is 5.09. The van der Waals surface area contributed by atoms with Crippen molar-refractivity contribution in [3.05, 3.63) is 41.6 Å². The Balaban J connectivity index is 3.32. The van der Waals surface area contributed by atoms with Crippen molar-refractivity contribution in [1.29, 1.82) is 0 Å². The van der Waals surface area contributed by atoms with Crippen LogP contribution in [0.25, 0.3) is 0 Å². The SMILES string of the molecule is C=C(C)N(C(=O)CCl)c1c(C)cccc1C. The minimum Gasteiger partial charge on any atom is -0.284 e. The summed E-state index contributed by atoms with van der Waals surface area (Å²) >= 11 is 5.61. The summed E-state index contributed by atoms with van der Waals surface area (Å²) in [4.78, 5) is 13.4. The molecule has 0 heterocycles. The molecule has 0 spiro atoms. The molecule has 1 amide bonds. The minimum absolute atomic E-state index is 0.0410. The van der Waals surface area contributed by atoms with Crippen molar-refractivity contribution in [1.82, 2.24) is 0 Å². The van der Waals surface area contributed by atoms with E-state index >= 15 is 0 Å². The number of rotatable bonds is 3. The number of carbonyl (C=O) groups is 1. The highest BCUT2D eigenvalue weighted by Gasteiger charge is 2.18. The molecule has 0 aliphatic heterocycles. The molecule has 86 valence electrons. The van der Waals surface area contributed by atoms with Gasteiger partial charge in [-0.05, 0) is 31.9 Å². The molecule has 3 heteroatoms. The van der Waals surface area contributed by atoms with E-state index in [1.165, 1.54) is 0 Å². The Hall–Kier alpha value is -1.28. The normalized spacial score (nSPS) is 10.0. The molecule has 1 aromatic rings. The molecule has 0 aromatic heterocycles. The number of amides is 1. The average Bonchev–Trinajstić information content (AvgIpc) is 2.22. The third kappa shape index (κ3) is 2.45. The van der Waals surface area contributed by atoms with Crippen LogP contribution in [0.15, 0.2) is 30.5 Å². The van der Waals surface area contributed by atoms with Gasteiger partial charge in [0.25, 0.3) is 0 Å². The first-order chi connectivity index (χ1) is 7.49. The van der Waals surface area contributed by atoms with Gasteiger partial charge in [-0.15, -0.1) is 11.6 Å². The van der Waals surface area contributed by atoms with Gasteiger partial charge in [0, 0.05) is 5.70 Å². The molecule has 16 heavy (non-hydrogen) atoms. The van der Waals surface area contributed by atoms with Gasteiger partial charge < -0.3 is 0 Å². The lowest BCUT2D eigenvalue weighted by atomic mass is 10.1. The fourth-order valence-electron chi connectivity index (χ4n) is 1.75. The van der Waals surface area contributed by atoms with Crippen LogP contribution in [0.1, 0.15) is 18.1 Å². The highest BCUT2D eigenvalue weighted by molar-refractivity contribution is 6.29. The van der Waals surface area contributed by atoms with Crippen LogP contribution >= 0.6 is 11.6 Å². The van der Waals surface area contributed by atoms with Crippen molar-refractivity contribution in [3.8, 4) is 0 Å². The molecule has 0 atom stereocenters. The molecule has 0 saturated heterocycles. The number of hydrogen-bond acceptors (Lipinski definition) is 1. The van der Waals surface area contributed by atoms with E-state index in [0.717, 1.165) is 16.8 Å². The van der Waals surface area contributed by atoms with Crippen LogP contribution in [0.2, 0.25) is 0 Å². The molecule has 2 nitrogen and oxygen atoms in total. The summed E-state index contributed by atoms with van der Waals surface area (Å²) in [5.41, 5.74) is 3.66. The summed E-state index contributed by atoms with van der Waals surface area (Å²) in [5.74, 6) is -0.188. The number of halogens is 1. The van der Waals surface area contributed by atoms with Crippen molar-refractivity contribution in [2.75, 3.05) is 10.8 Å². The summed E-state index contributed by atoms with van der Waals surface area (Å²) < 4.78 is 0. The Morgan fingerprint density at radius 1 is 1.38 bits per heavy atom. The summed E-state index contributed by atoms with van der Waals surface area (Å²) in [6, 6.07) is 5.91. The second-order valence-corrected chi connectivity index (χ2v) is 4.11. The van der Waals surface area contributed by atoms with E-state index in [-0.39, 0.29) is 11.8 Å². The third-order valence-electron chi connectivity index (χ3n) is 2.41. The largest absolute Gasteiger partial charge is 0.284 e. The maximum atomic E-state index is 11.8. The lowest BCUT2D eigenvalue weighted by Gasteiger charge is -2.25. The van der Waals surface area contributed by atoms with Crippen LogP contribution in [0.3, 0.4) is 0 Å². The Bertz CT molecular complexity index is 406. The molecule has 0 radical (unpaired) electrons. The maximum absolute atomic E-state index is 11.8. The first-order valence-corrected chi connectivity index (χ1v) is 5.63. The molecule has 0 aliphatic rings. The molecule has 1 aromatic carbocycles. The van der Waals surface area contributed by atoms with Crippen LogP contribution in [-0.2, 0) is 4.79 Å². The van der Waals surface area contributed by atoms with Gasteiger partial charge >= 0.3 is 0 Å². The molecule has 0 N–H and O–H groups in total. The second kappa shape index (κ2) is 5.17. The molecule has 0 saturated carbocycles. The molecule has 0 fully saturated rings. The van der Waals surface area contributed by atoms with Crippen LogP contribution in [0, 0.1) is 13.8 Å². The summed E-state index contributed by atoms with van der Waals surface area (Å²) in [6.45, 7) is 9.58. The van der Waals surface area contributed by atoms with Gasteiger partial charge in [-0.1, -0.05) is 24.8 Å². The summed E-state index contributed by atoms with van der Waals surface area (Å²) in [6.07, 6.45) is 0. The zero-order chi connectivity index (χ0) is 12.3. The van der Waals surface area contributed by atoms with Crippen molar-refractivity contribution in [2.45, 2.75) is 20.8 Å². The molecule has 0 aliphatic carbocycles. The number of para-hydroxylation sites is 1. The number of allylic oxidation sites excluding steroid dienone is 1. The predicted octanol–water partition coefficient (Wildman–Crippen LogP) is 3.41. The number of nitrogens with zero attached hydrogens (tertiary/aromatic N) is 1. The Morgan fingerprint density at radius 3 is 2.25 bits per heavy atom. The average molecular weight is 238 g/mol. The fourth-order valence-corrected chi connectivity index (χ4v) is 1.87. The standard InChI is InChI=1S/C13H16ClNO/c1-9(2)15(12(16)8-14)13-10(3)6-5-7-11(13)4/h5-7H,1,8H2,2-4H3. The van der Waals surface area contributed by atoms with E-state index in [0.29, 0.717) is 5.70 Å². The van der Waals surface area contributed by atoms with Gasteiger partial charge in [-0.25, -0.2) is 0 Å². The number of hydrogen-bond donors (Lipinski definition) is 0. The van der Waals surface area contributed by atoms with E-state index in [1.54, 1.807) is 11.8 Å². The van der Waals surface area contributed by atoms with Gasteiger partial charge in [0.05, 0.1) is 5.69 Å². The third-order valence-corrected chi connectivity index (χ3v) is 2.64. The first kappa shape index (κ1) is 12.8. The van der Waals surface area contributed by atoms with Crippen LogP contribution < -0.4 is 4.90 Å². The Kier molecular flexibility index (Phi) is 4.13. The maximum Gasteiger partial charge on any atom is 0.246 e. The molecular formula is C13H16ClNO. The van der Waals surface area contributed by atoms with E-state index in [1.807, 2.05) is 32.0 Å². The van der Waals surface area contributed by atoms with E-state index in [4.69, 9.17) is 11.6 Å². The van der Waals surface area contributed by atoms with Crippen molar-refractivity contribution in [3.63, 3.8) is 0 Å². The van der Waals surface area contributed by atoms with Gasteiger partial charge in [-0.2, -0.15) is 0 Å². The number of benzene rings is 1. The van der Waals surface area contributed by atoms with Crippen LogP contribution in [0.5, 0.6) is 0 Å². The van der Waals surface area contributed by atoms with Crippen molar-refractivity contribution < 1.29 is 4.79 Å². The van der Waals surface area contributed by atoms with Gasteiger partial charge in [0.2, 0.25) is 5.91 Å². The van der Waals surface area contributed by atoms with E-state index in [2.05, 4.69) is 6.58 Å². The van der Waals surface area contributed by atoms with Crippen LogP contribution in [0.4, 0.5) is 5.69 Å². The molecular weight excluding hydrogens is 222 g/mol. The van der Waals surface area contributed by atoms with Gasteiger partial charge in [-0.3, -0.25) is 9.69 Å². The van der Waals surface area contributed by atoms with Crippen molar-refractivity contribution >= 4 is 23.2 Å². The minimum atomic E-state index is -0.147.